The van der Waals surface area contributed by atoms with Gasteiger partial charge in [0.2, 0.25) is 0 Å². The first kappa shape index (κ1) is 18.4. The van der Waals surface area contributed by atoms with Gasteiger partial charge in [-0.1, -0.05) is 30.3 Å². The average Bonchev–Trinajstić information content (AvgIpc) is 2.72. The molecule has 1 aliphatic heterocycles. The number of pyridine rings is 1. The van der Waals surface area contributed by atoms with Crippen LogP contribution in [0.4, 0.5) is 4.79 Å². The monoisotopic (exact) mass is 355 g/mol. The molecule has 6 nitrogen and oxygen atoms in total. The Morgan fingerprint density at radius 1 is 1.31 bits per heavy atom. The molecule has 3 rings (SSSR count). The van der Waals surface area contributed by atoms with Gasteiger partial charge in [0.05, 0.1) is 19.3 Å². The van der Waals surface area contributed by atoms with E-state index in [1.54, 1.807) is 17.3 Å². The second-order valence-electron chi connectivity index (χ2n) is 6.39. The van der Waals surface area contributed by atoms with Gasteiger partial charge in [0.25, 0.3) is 0 Å². The van der Waals surface area contributed by atoms with Crippen LogP contribution in [0.1, 0.15) is 24.1 Å². The van der Waals surface area contributed by atoms with Crippen LogP contribution in [0.25, 0.3) is 0 Å². The fraction of sp³-hybridized carbons (Fsp3) is 0.400. The maximum absolute atomic E-state index is 12.3. The van der Waals surface area contributed by atoms with Crippen LogP contribution >= 0.6 is 0 Å². The molecule has 6 heteroatoms. The number of nitrogens with zero attached hydrogens (tertiary/aromatic N) is 2. The fourth-order valence-corrected chi connectivity index (χ4v) is 2.90. The largest absolute Gasteiger partial charge is 0.445 e. The van der Waals surface area contributed by atoms with Gasteiger partial charge >= 0.3 is 6.09 Å². The molecule has 0 spiro atoms. The summed E-state index contributed by atoms with van der Waals surface area (Å²) in [6.07, 6.45) is 3.24. The lowest BCUT2D eigenvalue weighted by molar-refractivity contribution is -0.0278. The molecule has 1 saturated heterocycles. The molecular weight excluding hydrogens is 330 g/mol. The van der Waals surface area contributed by atoms with E-state index in [-0.39, 0.29) is 18.2 Å². The van der Waals surface area contributed by atoms with E-state index in [1.807, 2.05) is 42.5 Å². The van der Waals surface area contributed by atoms with Gasteiger partial charge in [0.15, 0.2) is 0 Å². The highest BCUT2D eigenvalue weighted by Crippen LogP contribution is 2.12. The van der Waals surface area contributed by atoms with Gasteiger partial charge in [-0.15, -0.1) is 0 Å². The first-order chi connectivity index (χ1) is 12.7. The van der Waals surface area contributed by atoms with Crippen molar-refractivity contribution in [3.8, 4) is 0 Å². The van der Waals surface area contributed by atoms with Crippen LogP contribution in [0.3, 0.4) is 0 Å². The number of carbonyl (C=O) groups is 1. The van der Waals surface area contributed by atoms with E-state index >= 15 is 0 Å². The summed E-state index contributed by atoms with van der Waals surface area (Å²) in [7, 11) is 0. The minimum atomic E-state index is -0.288. The highest BCUT2D eigenvalue weighted by Gasteiger charge is 2.25. The topological polar surface area (TPSA) is 63.7 Å². The Kier molecular flexibility index (Phi) is 6.57. The molecule has 138 valence electrons. The smallest absolute Gasteiger partial charge is 0.410 e. The third-order valence-electron chi connectivity index (χ3n) is 4.46. The molecule has 1 aromatic heterocycles. The van der Waals surface area contributed by atoms with Crippen LogP contribution in [0, 0.1) is 0 Å². The molecule has 1 fully saturated rings. The van der Waals surface area contributed by atoms with Gasteiger partial charge in [-0.25, -0.2) is 4.79 Å². The molecule has 0 saturated carbocycles. The molecule has 2 unspecified atom stereocenters. The second-order valence-corrected chi connectivity index (χ2v) is 6.39. The van der Waals surface area contributed by atoms with Crippen molar-refractivity contribution in [1.82, 2.24) is 15.2 Å². The molecule has 1 amide bonds. The summed E-state index contributed by atoms with van der Waals surface area (Å²) in [4.78, 5) is 18.1. The Morgan fingerprint density at radius 2 is 2.08 bits per heavy atom. The number of rotatable bonds is 6. The van der Waals surface area contributed by atoms with E-state index in [9.17, 15) is 4.79 Å². The van der Waals surface area contributed by atoms with Gasteiger partial charge in [0.1, 0.15) is 6.61 Å². The number of hydrogen-bond acceptors (Lipinski definition) is 5. The number of carbonyl (C=O) groups excluding carboxylic acids is 1. The molecule has 1 N–H and O–H groups in total. The van der Waals surface area contributed by atoms with Crippen molar-refractivity contribution >= 4 is 6.09 Å². The SMILES string of the molecule is CC(NCC1CN(C(=O)OCc2ccccc2)CCO1)c1ccncc1. The van der Waals surface area contributed by atoms with Gasteiger partial charge < -0.3 is 19.7 Å². The quantitative estimate of drug-likeness (QED) is 0.863. The predicted molar refractivity (Wildman–Crippen MR) is 98.6 cm³/mol. The lowest BCUT2D eigenvalue weighted by atomic mass is 10.1. The van der Waals surface area contributed by atoms with Crippen LogP contribution < -0.4 is 5.32 Å². The summed E-state index contributed by atoms with van der Waals surface area (Å²) in [5, 5.41) is 3.45. The minimum Gasteiger partial charge on any atom is -0.445 e. The molecule has 1 aliphatic rings. The van der Waals surface area contributed by atoms with Gasteiger partial charge in [-0.2, -0.15) is 0 Å². The molecule has 2 atom stereocenters. The highest BCUT2D eigenvalue weighted by molar-refractivity contribution is 5.67. The summed E-state index contributed by atoms with van der Waals surface area (Å²) in [5.41, 5.74) is 2.16. The van der Waals surface area contributed by atoms with Crippen molar-refractivity contribution in [2.45, 2.75) is 25.7 Å². The van der Waals surface area contributed by atoms with Crippen LogP contribution in [-0.2, 0) is 16.1 Å². The van der Waals surface area contributed by atoms with Crippen molar-refractivity contribution in [3.63, 3.8) is 0 Å². The Labute approximate surface area is 154 Å². The van der Waals surface area contributed by atoms with E-state index in [0.717, 1.165) is 5.56 Å². The van der Waals surface area contributed by atoms with Crippen molar-refractivity contribution in [1.29, 1.82) is 0 Å². The lowest BCUT2D eigenvalue weighted by Gasteiger charge is -2.33. The summed E-state index contributed by atoms with van der Waals surface area (Å²) in [6.45, 7) is 4.68. The zero-order chi connectivity index (χ0) is 18.2. The molecule has 0 radical (unpaired) electrons. The molecule has 0 aliphatic carbocycles. The predicted octanol–water partition coefficient (Wildman–Crippen LogP) is 2.77. The average molecular weight is 355 g/mol. The molecule has 1 aromatic carbocycles. The van der Waals surface area contributed by atoms with E-state index < -0.39 is 0 Å². The van der Waals surface area contributed by atoms with E-state index in [0.29, 0.717) is 32.8 Å². The van der Waals surface area contributed by atoms with Crippen molar-refractivity contribution < 1.29 is 14.3 Å². The van der Waals surface area contributed by atoms with Gasteiger partial charge in [-0.05, 0) is 30.2 Å². The van der Waals surface area contributed by atoms with Crippen molar-refractivity contribution in [2.24, 2.45) is 0 Å². The number of aromatic nitrogens is 1. The van der Waals surface area contributed by atoms with E-state index in [2.05, 4.69) is 17.2 Å². The summed E-state index contributed by atoms with van der Waals surface area (Å²) < 4.78 is 11.2. The number of benzene rings is 1. The van der Waals surface area contributed by atoms with E-state index in [1.165, 1.54) is 5.56 Å². The normalized spacial score (nSPS) is 18.3. The van der Waals surface area contributed by atoms with Gasteiger partial charge in [0, 0.05) is 31.5 Å². The zero-order valence-electron chi connectivity index (χ0n) is 15.0. The summed E-state index contributed by atoms with van der Waals surface area (Å²) in [6, 6.07) is 13.9. The second kappa shape index (κ2) is 9.31. The molecule has 2 heterocycles. The molecule has 0 bridgehead atoms. The Hall–Kier alpha value is -2.44. The maximum atomic E-state index is 12.3. The van der Waals surface area contributed by atoms with E-state index in [4.69, 9.17) is 9.47 Å². The van der Waals surface area contributed by atoms with Crippen LogP contribution in [0.2, 0.25) is 0 Å². The van der Waals surface area contributed by atoms with Crippen LogP contribution in [-0.4, -0.2) is 48.3 Å². The van der Waals surface area contributed by atoms with Crippen LogP contribution in [0.5, 0.6) is 0 Å². The third-order valence-corrected chi connectivity index (χ3v) is 4.46. The first-order valence-corrected chi connectivity index (χ1v) is 8.93. The Balaban J connectivity index is 1.44. The summed E-state index contributed by atoms with van der Waals surface area (Å²) in [5.74, 6) is 0. The Morgan fingerprint density at radius 3 is 2.85 bits per heavy atom. The third kappa shape index (κ3) is 5.28. The molecule has 26 heavy (non-hydrogen) atoms. The molecule has 2 aromatic rings. The first-order valence-electron chi connectivity index (χ1n) is 8.93. The maximum Gasteiger partial charge on any atom is 0.410 e. The minimum absolute atomic E-state index is 0.0442. The van der Waals surface area contributed by atoms with Crippen molar-refractivity contribution in [3.05, 3.63) is 66.0 Å². The Bertz CT molecular complexity index is 681. The number of hydrogen-bond donors (Lipinski definition) is 1. The highest BCUT2D eigenvalue weighted by atomic mass is 16.6. The standard InChI is InChI=1S/C20H25N3O3/c1-16(18-7-9-21-10-8-18)22-13-19-14-23(11-12-25-19)20(24)26-15-17-5-3-2-4-6-17/h2-10,16,19,22H,11-15H2,1H3. The number of ether oxygens (including phenoxy) is 2. The molecular formula is C20H25N3O3. The van der Waals surface area contributed by atoms with Gasteiger partial charge in [-0.3, -0.25) is 4.98 Å². The summed E-state index contributed by atoms with van der Waals surface area (Å²) >= 11 is 0. The number of morpholine rings is 1. The number of amides is 1. The zero-order valence-corrected chi connectivity index (χ0v) is 15.0. The lowest BCUT2D eigenvalue weighted by Crippen LogP contribution is -2.49. The van der Waals surface area contributed by atoms with Crippen LogP contribution in [0.15, 0.2) is 54.9 Å². The number of nitrogens with one attached hydrogen (secondary N) is 1. The fourth-order valence-electron chi connectivity index (χ4n) is 2.90. The van der Waals surface area contributed by atoms with Crippen molar-refractivity contribution in [2.75, 3.05) is 26.2 Å².